The third-order valence-electron chi connectivity index (χ3n) is 2.08. The second-order valence-electron chi connectivity index (χ2n) is 3.04. The van der Waals surface area contributed by atoms with Crippen LogP contribution in [0.5, 0.6) is 0 Å². The van der Waals surface area contributed by atoms with Crippen LogP contribution in [-0.4, -0.2) is 26.2 Å². The van der Waals surface area contributed by atoms with E-state index in [0.717, 1.165) is 0 Å². The Kier molecular flexibility index (Phi) is 2.91. The van der Waals surface area contributed by atoms with Gasteiger partial charge in [-0.2, -0.15) is 8.42 Å². The van der Waals surface area contributed by atoms with Crippen LogP contribution in [0.1, 0.15) is 26.2 Å². The van der Waals surface area contributed by atoms with Crippen molar-refractivity contribution in [1.29, 1.82) is 0 Å². The highest BCUT2D eigenvalue weighted by molar-refractivity contribution is 7.87. The van der Waals surface area contributed by atoms with E-state index in [0.29, 0.717) is 0 Å². The summed E-state index contributed by atoms with van der Waals surface area (Å²) in [6.45, 7) is 1.37. The second-order valence-corrected chi connectivity index (χ2v) is 4.83. The van der Waals surface area contributed by atoms with Crippen molar-refractivity contribution < 1.29 is 21.4 Å². The standard InChI is InChI=1S/C7H12F2O3S/c1-2-12-13(10,11)6-4-3-5-7(6,8)9/h6H,2-5H2,1H3. The summed E-state index contributed by atoms with van der Waals surface area (Å²) in [7, 11) is -4.07. The fourth-order valence-corrected chi connectivity index (χ4v) is 2.99. The molecule has 0 aliphatic heterocycles. The molecule has 1 aliphatic carbocycles. The van der Waals surface area contributed by atoms with Gasteiger partial charge in [0.25, 0.3) is 16.0 Å². The van der Waals surface area contributed by atoms with Crippen molar-refractivity contribution in [2.75, 3.05) is 6.61 Å². The number of halogens is 2. The van der Waals surface area contributed by atoms with E-state index in [9.17, 15) is 17.2 Å². The molecule has 0 spiro atoms. The predicted octanol–water partition coefficient (Wildman–Crippen LogP) is 1.54. The minimum absolute atomic E-state index is 0.00463. The van der Waals surface area contributed by atoms with Crippen LogP contribution in [-0.2, 0) is 14.3 Å². The third kappa shape index (κ3) is 2.17. The zero-order chi connectivity index (χ0) is 10.1. The molecule has 6 heteroatoms. The maximum Gasteiger partial charge on any atom is 0.276 e. The summed E-state index contributed by atoms with van der Waals surface area (Å²) in [6, 6.07) is 0. The Bertz CT molecular complexity index is 273. The van der Waals surface area contributed by atoms with Crippen molar-refractivity contribution >= 4 is 10.1 Å². The molecule has 0 aromatic rings. The number of hydrogen-bond acceptors (Lipinski definition) is 3. The fraction of sp³-hybridized carbons (Fsp3) is 1.00. The maximum absolute atomic E-state index is 13.0. The predicted molar refractivity (Wildman–Crippen MR) is 43.1 cm³/mol. The van der Waals surface area contributed by atoms with Gasteiger partial charge < -0.3 is 0 Å². The molecule has 13 heavy (non-hydrogen) atoms. The van der Waals surface area contributed by atoms with Crippen molar-refractivity contribution in [3.05, 3.63) is 0 Å². The van der Waals surface area contributed by atoms with Gasteiger partial charge in [-0.3, -0.25) is 4.18 Å². The molecule has 1 unspecified atom stereocenters. The van der Waals surface area contributed by atoms with Gasteiger partial charge in [0.1, 0.15) is 5.25 Å². The van der Waals surface area contributed by atoms with Gasteiger partial charge in [0, 0.05) is 6.42 Å². The third-order valence-corrected chi connectivity index (χ3v) is 3.92. The van der Waals surface area contributed by atoms with Gasteiger partial charge in [-0.1, -0.05) is 0 Å². The molecule has 1 fully saturated rings. The van der Waals surface area contributed by atoms with Crippen molar-refractivity contribution in [2.24, 2.45) is 0 Å². The number of alkyl halides is 2. The average Bonchev–Trinajstić information content (AvgIpc) is 2.29. The van der Waals surface area contributed by atoms with Gasteiger partial charge >= 0.3 is 0 Å². The monoisotopic (exact) mass is 214 g/mol. The summed E-state index contributed by atoms with van der Waals surface area (Å²) in [6.07, 6.45) is -0.122. The maximum atomic E-state index is 13.0. The molecule has 1 saturated carbocycles. The highest BCUT2D eigenvalue weighted by Crippen LogP contribution is 2.39. The van der Waals surface area contributed by atoms with Gasteiger partial charge in [0.2, 0.25) is 0 Å². The molecule has 1 rings (SSSR count). The van der Waals surface area contributed by atoms with E-state index in [1.165, 1.54) is 6.92 Å². The van der Waals surface area contributed by atoms with E-state index in [1.807, 2.05) is 0 Å². The summed E-state index contributed by atoms with van der Waals surface area (Å²) in [5.74, 6) is -3.12. The molecule has 1 aliphatic rings. The van der Waals surface area contributed by atoms with Crippen LogP contribution >= 0.6 is 0 Å². The van der Waals surface area contributed by atoms with Crippen molar-refractivity contribution in [2.45, 2.75) is 37.4 Å². The molecule has 0 radical (unpaired) electrons. The fourth-order valence-electron chi connectivity index (χ4n) is 1.50. The molecule has 0 N–H and O–H groups in total. The van der Waals surface area contributed by atoms with Gasteiger partial charge in [0.15, 0.2) is 0 Å². The van der Waals surface area contributed by atoms with Crippen LogP contribution < -0.4 is 0 Å². The average molecular weight is 214 g/mol. The summed E-state index contributed by atoms with van der Waals surface area (Å²) < 4.78 is 52.6. The quantitative estimate of drug-likeness (QED) is 0.669. The molecule has 3 nitrogen and oxygen atoms in total. The summed E-state index contributed by atoms with van der Waals surface area (Å²) >= 11 is 0. The first-order valence-electron chi connectivity index (χ1n) is 4.16. The van der Waals surface area contributed by atoms with Gasteiger partial charge in [-0.25, -0.2) is 8.78 Å². The Morgan fingerprint density at radius 3 is 2.54 bits per heavy atom. The lowest BCUT2D eigenvalue weighted by molar-refractivity contribution is 0.00996. The Labute approximate surface area is 76.2 Å². The lowest BCUT2D eigenvalue weighted by Gasteiger charge is -2.17. The van der Waals surface area contributed by atoms with Crippen LogP contribution in [0.4, 0.5) is 8.78 Å². The lowest BCUT2D eigenvalue weighted by atomic mass is 10.3. The molecule has 0 bridgehead atoms. The number of rotatable bonds is 3. The number of hydrogen-bond donors (Lipinski definition) is 0. The largest absolute Gasteiger partial charge is 0.276 e. The van der Waals surface area contributed by atoms with E-state index in [1.54, 1.807) is 0 Å². The van der Waals surface area contributed by atoms with E-state index in [-0.39, 0.29) is 25.9 Å². The van der Waals surface area contributed by atoms with Crippen LogP contribution in [0.2, 0.25) is 0 Å². The SMILES string of the molecule is CCOS(=O)(=O)C1CCCC1(F)F. The molecular formula is C7H12F2O3S. The van der Waals surface area contributed by atoms with Gasteiger partial charge in [0.05, 0.1) is 6.61 Å². The summed E-state index contributed by atoms with van der Waals surface area (Å²) in [5.41, 5.74) is 0. The van der Waals surface area contributed by atoms with Crippen molar-refractivity contribution in [3.63, 3.8) is 0 Å². The van der Waals surface area contributed by atoms with Gasteiger partial charge in [-0.05, 0) is 19.8 Å². The Balaban J connectivity index is 2.83. The first-order valence-corrected chi connectivity index (χ1v) is 5.63. The Morgan fingerprint density at radius 2 is 2.15 bits per heavy atom. The molecule has 0 aromatic heterocycles. The highest BCUT2D eigenvalue weighted by Gasteiger charge is 2.51. The van der Waals surface area contributed by atoms with Crippen LogP contribution in [0.3, 0.4) is 0 Å². The van der Waals surface area contributed by atoms with Crippen LogP contribution in [0.15, 0.2) is 0 Å². The first kappa shape index (κ1) is 10.8. The van der Waals surface area contributed by atoms with E-state index in [4.69, 9.17) is 0 Å². The van der Waals surface area contributed by atoms with Crippen molar-refractivity contribution in [3.8, 4) is 0 Å². The highest BCUT2D eigenvalue weighted by atomic mass is 32.2. The normalized spacial score (nSPS) is 27.8. The van der Waals surface area contributed by atoms with Crippen LogP contribution in [0.25, 0.3) is 0 Å². The van der Waals surface area contributed by atoms with Crippen molar-refractivity contribution in [1.82, 2.24) is 0 Å². The Morgan fingerprint density at radius 1 is 1.54 bits per heavy atom. The summed E-state index contributed by atoms with van der Waals surface area (Å²) in [5, 5.41) is -1.64. The zero-order valence-corrected chi connectivity index (χ0v) is 8.11. The first-order chi connectivity index (χ1) is 5.90. The molecule has 1 atom stereocenters. The molecule has 0 heterocycles. The van der Waals surface area contributed by atoms with E-state index in [2.05, 4.69) is 4.18 Å². The molecule has 78 valence electrons. The minimum atomic E-state index is -4.07. The topological polar surface area (TPSA) is 43.4 Å². The minimum Gasteiger partial charge on any atom is -0.270 e. The molecule has 0 amide bonds. The molecule has 0 aromatic carbocycles. The van der Waals surface area contributed by atoms with Crippen LogP contribution in [0, 0.1) is 0 Å². The molecular weight excluding hydrogens is 202 g/mol. The second kappa shape index (κ2) is 3.49. The summed E-state index contributed by atoms with van der Waals surface area (Å²) in [4.78, 5) is 0. The smallest absolute Gasteiger partial charge is 0.270 e. The van der Waals surface area contributed by atoms with Gasteiger partial charge in [-0.15, -0.1) is 0 Å². The van der Waals surface area contributed by atoms with E-state index < -0.39 is 21.3 Å². The lowest BCUT2D eigenvalue weighted by Crippen LogP contribution is -2.36. The van der Waals surface area contributed by atoms with E-state index >= 15 is 0 Å². The Hall–Kier alpha value is -0.230. The molecule has 0 saturated heterocycles. The zero-order valence-electron chi connectivity index (χ0n) is 7.29.